The molecular weight excluding hydrogens is 178 g/mol. The van der Waals surface area contributed by atoms with Gasteiger partial charge in [0, 0.05) is 19.1 Å². The van der Waals surface area contributed by atoms with Crippen LogP contribution in [-0.2, 0) is 4.79 Å². The number of nitrogens with two attached hydrogens (primary N) is 2. The topological polar surface area (TPSA) is 72.4 Å². The number of amides is 1. The molecule has 0 aromatic carbocycles. The van der Waals surface area contributed by atoms with Gasteiger partial charge in [0.15, 0.2) is 0 Å². The Labute approximate surface area is 84.6 Å². The quantitative estimate of drug-likeness (QED) is 0.628. The maximum atomic E-state index is 11.0. The van der Waals surface area contributed by atoms with Crippen LogP contribution in [0.5, 0.6) is 0 Å². The van der Waals surface area contributed by atoms with Crippen LogP contribution in [0.4, 0.5) is 0 Å². The van der Waals surface area contributed by atoms with Crippen LogP contribution in [0.2, 0.25) is 0 Å². The van der Waals surface area contributed by atoms with E-state index in [0.29, 0.717) is 17.9 Å². The van der Waals surface area contributed by atoms with Crippen LogP contribution in [0.1, 0.15) is 19.8 Å². The minimum absolute atomic E-state index is 0.132. The summed E-state index contributed by atoms with van der Waals surface area (Å²) in [7, 11) is 0. The number of rotatable bonds is 2. The standard InChI is InChI=1S/C10H19N3O/c1-6(10(12)14)13-4-7-2-3-9(11)8(7)5-13/h6-9H,2-5,11H2,1H3,(H2,12,14). The van der Waals surface area contributed by atoms with E-state index in [1.165, 1.54) is 6.42 Å². The van der Waals surface area contributed by atoms with Gasteiger partial charge in [-0.3, -0.25) is 9.69 Å². The molecule has 2 aliphatic rings. The second-order valence-corrected chi connectivity index (χ2v) is 4.70. The second-order valence-electron chi connectivity index (χ2n) is 4.70. The van der Waals surface area contributed by atoms with Crippen molar-refractivity contribution in [2.75, 3.05) is 13.1 Å². The van der Waals surface area contributed by atoms with Gasteiger partial charge in [-0.15, -0.1) is 0 Å². The fourth-order valence-corrected chi connectivity index (χ4v) is 2.84. The summed E-state index contributed by atoms with van der Waals surface area (Å²) in [6.45, 7) is 3.84. The van der Waals surface area contributed by atoms with E-state index in [-0.39, 0.29) is 11.9 Å². The van der Waals surface area contributed by atoms with Crippen molar-refractivity contribution in [3.05, 3.63) is 0 Å². The van der Waals surface area contributed by atoms with Crippen molar-refractivity contribution in [3.63, 3.8) is 0 Å². The molecule has 80 valence electrons. The van der Waals surface area contributed by atoms with Crippen molar-refractivity contribution in [2.24, 2.45) is 23.3 Å². The Hall–Kier alpha value is -0.610. The summed E-state index contributed by atoms with van der Waals surface area (Å²) in [5.74, 6) is 1.07. The first-order chi connectivity index (χ1) is 6.59. The molecule has 4 unspecified atom stereocenters. The summed E-state index contributed by atoms with van der Waals surface area (Å²) < 4.78 is 0. The Bertz CT molecular complexity index is 244. The smallest absolute Gasteiger partial charge is 0.234 e. The van der Waals surface area contributed by atoms with Crippen molar-refractivity contribution in [1.82, 2.24) is 4.90 Å². The molecule has 0 bridgehead atoms. The minimum Gasteiger partial charge on any atom is -0.368 e. The van der Waals surface area contributed by atoms with Gasteiger partial charge >= 0.3 is 0 Å². The Morgan fingerprint density at radius 3 is 2.71 bits per heavy atom. The van der Waals surface area contributed by atoms with Gasteiger partial charge in [-0.2, -0.15) is 0 Å². The molecule has 1 saturated heterocycles. The molecule has 1 aliphatic heterocycles. The van der Waals surface area contributed by atoms with Crippen LogP contribution >= 0.6 is 0 Å². The number of hydrogen-bond acceptors (Lipinski definition) is 3. The van der Waals surface area contributed by atoms with Gasteiger partial charge < -0.3 is 11.5 Å². The first-order valence-corrected chi connectivity index (χ1v) is 5.38. The largest absolute Gasteiger partial charge is 0.368 e. The summed E-state index contributed by atoms with van der Waals surface area (Å²) in [5.41, 5.74) is 11.3. The molecule has 2 fully saturated rings. The number of fused-ring (bicyclic) bond motifs is 1. The Morgan fingerprint density at radius 1 is 1.43 bits per heavy atom. The number of carbonyl (C=O) groups excluding carboxylic acids is 1. The van der Waals surface area contributed by atoms with E-state index in [4.69, 9.17) is 11.5 Å². The summed E-state index contributed by atoms with van der Waals surface area (Å²) in [6.07, 6.45) is 2.36. The zero-order chi connectivity index (χ0) is 10.3. The summed E-state index contributed by atoms with van der Waals surface area (Å²) in [6, 6.07) is 0.206. The third-order valence-electron chi connectivity index (χ3n) is 3.90. The number of primary amides is 1. The van der Waals surface area contributed by atoms with Crippen molar-refractivity contribution in [3.8, 4) is 0 Å². The lowest BCUT2D eigenvalue weighted by atomic mass is 9.98. The molecule has 0 aromatic heterocycles. The van der Waals surface area contributed by atoms with Crippen molar-refractivity contribution >= 4 is 5.91 Å². The van der Waals surface area contributed by atoms with Gasteiger partial charge in [-0.25, -0.2) is 0 Å². The average Bonchev–Trinajstić information content (AvgIpc) is 2.67. The van der Waals surface area contributed by atoms with Gasteiger partial charge in [-0.1, -0.05) is 0 Å². The Balaban J connectivity index is 1.98. The maximum absolute atomic E-state index is 11.0. The summed E-state index contributed by atoms with van der Waals surface area (Å²) in [5, 5.41) is 0. The lowest BCUT2D eigenvalue weighted by molar-refractivity contribution is -0.122. The molecule has 4 N–H and O–H groups in total. The predicted molar refractivity (Wildman–Crippen MR) is 54.4 cm³/mol. The predicted octanol–water partition coefficient (Wildman–Crippen LogP) is -0.471. The first kappa shape index (κ1) is 9.93. The molecule has 1 saturated carbocycles. The highest BCUT2D eigenvalue weighted by Crippen LogP contribution is 2.37. The van der Waals surface area contributed by atoms with Gasteiger partial charge in [0.1, 0.15) is 0 Å². The molecule has 4 atom stereocenters. The third-order valence-corrected chi connectivity index (χ3v) is 3.90. The van der Waals surface area contributed by atoms with E-state index in [0.717, 1.165) is 19.5 Å². The molecule has 14 heavy (non-hydrogen) atoms. The fourth-order valence-electron chi connectivity index (χ4n) is 2.84. The molecule has 1 aliphatic carbocycles. The molecule has 0 radical (unpaired) electrons. The van der Waals surface area contributed by atoms with Crippen LogP contribution in [0.25, 0.3) is 0 Å². The molecule has 0 aromatic rings. The molecule has 4 nitrogen and oxygen atoms in total. The van der Waals surface area contributed by atoms with E-state index in [1.807, 2.05) is 6.92 Å². The lowest BCUT2D eigenvalue weighted by Crippen LogP contribution is -2.42. The van der Waals surface area contributed by atoms with Gasteiger partial charge in [0.2, 0.25) is 5.91 Å². The second kappa shape index (κ2) is 3.51. The highest BCUT2D eigenvalue weighted by molar-refractivity contribution is 5.79. The number of nitrogens with zero attached hydrogens (tertiary/aromatic N) is 1. The van der Waals surface area contributed by atoms with E-state index in [9.17, 15) is 4.79 Å². The number of carbonyl (C=O) groups is 1. The van der Waals surface area contributed by atoms with E-state index in [2.05, 4.69) is 4.90 Å². The monoisotopic (exact) mass is 197 g/mol. The first-order valence-electron chi connectivity index (χ1n) is 5.38. The van der Waals surface area contributed by atoms with Gasteiger partial charge in [0.05, 0.1) is 6.04 Å². The molecular formula is C10H19N3O. The zero-order valence-electron chi connectivity index (χ0n) is 8.65. The minimum atomic E-state index is -0.224. The van der Waals surface area contributed by atoms with Crippen molar-refractivity contribution in [2.45, 2.75) is 31.8 Å². The third kappa shape index (κ3) is 1.53. The molecule has 4 heteroatoms. The SMILES string of the molecule is CC(C(N)=O)N1CC2CCC(N)C2C1. The van der Waals surface area contributed by atoms with Crippen LogP contribution in [0.3, 0.4) is 0 Å². The Morgan fingerprint density at radius 2 is 2.14 bits per heavy atom. The zero-order valence-corrected chi connectivity index (χ0v) is 8.65. The van der Waals surface area contributed by atoms with Crippen LogP contribution < -0.4 is 11.5 Å². The number of likely N-dealkylation sites (tertiary alicyclic amines) is 1. The van der Waals surface area contributed by atoms with E-state index < -0.39 is 0 Å². The van der Waals surface area contributed by atoms with Crippen molar-refractivity contribution in [1.29, 1.82) is 0 Å². The molecule has 1 amide bonds. The lowest BCUT2D eigenvalue weighted by Gasteiger charge is -2.22. The molecule has 0 spiro atoms. The van der Waals surface area contributed by atoms with E-state index in [1.54, 1.807) is 0 Å². The van der Waals surface area contributed by atoms with Crippen LogP contribution in [0, 0.1) is 11.8 Å². The average molecular weight is 197 g/mol. The van der Waals surface area contributed by atoms with Gasteiger partial charge in [0.25, 0.3) is 0 Å². The van der Waals surface area contributed by atoms with Crippen LogP contribution in [0.15, 0.2) is 0 Å². The fraction of sp³-hybridized carbons (Fsp3) is 0.900. The number of hydrogen-bond donors (Lipinski definition) is 2. The Kier molecular flexibility index (Phi) is 2.49. The summed E-state index contributed by atoms with van der Waals surface area (Å²) in [4.78, 5) is 13.2. The highest BCUT2D eigenvalue weighted by Gasteiger charge is 2.42. The van der Waals surface area contributed by atoms with Crippen molar-refractivity contribution < 1.29 is 4.79 Å². The maximum Gasteiger partial charge on any atom is 0.234 e. The van der Waals surface area contributed by atoms with Gasteiger partial charge in [-0.05, 0) is 31.6 Å². The van der Waals surface area contributed by atoms with E-state index >= 15 is 0 Å². The highest BCUT2D eigenvalue weighted by atomic mass is 16.1. The summed E-state index contributed by atoms with van der Waals surface area (Å²) >= 11 is 0. The van der Waals surface area contributed by atoms with Crippen LogP contribution in [-0.4, -0.2) is 36.0 Å². The molecule has 1 heterocycles. The normalized spacial score (nSPS) is 39.7. The molecule has 2 rings (SSSR count).